The Morgan fingerprint density at radius 1 is 1.46 bits per heavy atom. The zero-order valence-corrected chi connectivity index (χ0v) is 14.7. The Hall–Kier alpha value is -1.76. The Morgan fingerprint density at radius 3 is 2.83 bits per heavy atom. The van der Waals surface area contributed by atoms with Gasteiger partial charge >= 0.3 is 0 Å². The van der Waals surface area contributed by atoms with Gasteiger partial charge in [0.15, 0.2) is 0 Å². The van der Waals surface area contributed by atoms with Crippen molar-refractivity contribution in [2.45, 2.75) is 32.3 Å². The van der Waals surface area contributed by atoms with Crippen molar-refractivity contribution in [2.75, 3.05) is 11.9 Å². The van der Waals surface area contributed by atoms with Crippen molar-refractivity contribution in [1.29, 1.82) is 0 Å². The van der Waals surface area contributed by atoms with Crippen molar-refractivity contribution in [2.24, 2.45) is 0 Å². The van der Waals surface area contributed by atoms with Crippen molar-refractivity contribution in [3.63, 3.8) is 0 Å². The molecule has 2 heterocycles. The van der Waals surface area contributed by atoms with Crippen LogP contribution < -0.4 is 10.6 Å². The third kappa shape index (κ3) is 2.75. The first-order valence-electron chi connectivity index (χ1n) is 7.60. The van der Waals surface area contributed by atoms with E-state index in [1.807, 2.05) is 0 Å². The lowest BCUT2D eigenvalue weighted by Crippen LogP contribution is -2.27. The number of hydrogen-bond acceptors (Lipinski definition) is 3. The minimum atomic E-state index is -1.17. The first-order valence-corrected chi connectivity index (χ1v) is 8.36. The molecule has 1 aromatic heterocycles. The highest BCUT2D eigenvalue weighted by molar-refractivity contribution is 6.45. The fourth-order valence-electron chi connectivity index (χ4n) is 3.00. The Morgan fingerprint density at radius 2 is 2.17 bits per heavy atom. The Labute approximate surface area is 148 Å². The second-order valence-electron chi connectivity index (χ2n) is 5.92. The molecule has 24 heavy (non-hydrogen) atoms. The Bertz CT molecular complexity index is 845. The zero-order chi connectivity index (χ0) is 17.6. The predicted octanol–water partition coefficient (Wildman–Crippen LogP) is 2.57. The minimum absolute atomic E-state index is 0.0893. The summed E-state index contributed by atoms with van der Waals surface area (Å²) in [7, 11) is 0. The van der Waals surface area contributed by atoms with E-state index in [4.69, 9.17) is 23.2 Å². The largest absolute Gasteiger partial charge is 0.384 e. The van der Waals surface area contributed by atoms with Crippen LogP contribution in [0.3, 0.4) is 0 Å². The summed E-state index contributed by atoms with van der Waals surface area (Å²) < 4.78 is 0. The molecule has 0 bridgehead atoms. The highest BCUT2D eigenvalue weighted by atomic mass is 35.5. The third-order valence-electron chi connectivity index (χ3n) is 4.23. The van der Waals surface area contributed by atoms with E-state index in [1.165, 1.54) is 13.0 Å². The second-order valence-corrected chi connectivity index (χ2v) is 6.70. The highest BCUT2D eigenvalue weighted by Gasteiger charge is 2.29. The molecule has 3 rings (SSSR count). The number of anilines is 1. The summed E-state index contributed by atoms with van der Waals surface area (Å²) in [5.41, 5.74) is 2.67. The fraction of sp³-hybridized carbons (Fsp3) is 0.375. The van der Waals surface area contributed by atoms with E-state index in [0.717, 1.165) is 11.3 Å². The molecule has 0 fully saturated rings. The molecule has 1 aliphatic heterocycles. The number of halogens is 2. The average molecular weight is 370 g/mol. The number of aliphatic hydroxyl groups is 1. The number of benzene rings is 1. The van der Waals surface area contributed by atoms with E-state index < -0.39 is 17.9 Å². The summed E-state index contributed by atoms with van der Waals surface area (Å²) in [6.07, 6.45) is -0.551. The maximum absolute atomic E-state index is 12.2. The van der Waals surface area contributed by atoms with E-state index in [0.29, 0.717) is 34.6 Å². The smallest absolute Gasteiger partial charge is 0.252 e. The van der Waals surface area contributed by atoms with Gasteiger partial charge in [-0.2, -0.15) is 0 Å². The molecule has 2 atom stereocenters. The number of aliphatic hydroxyl groups excluding tert-OH is 1. The molecule has 0 aliphatic carbocycles. The van der Waals surface area contributed by atoms with Gasteiger partial charge in [0.25, 0.3) is 5.91 Å². The molecule has 0 saturated heterocycles. The fourth-order valence-corrected chi connectivity index (χ4v) is 3.40. The van der Waals surface area contributed by atoms with Gasteiger partial charge in [0.1, 0.15) is 6.10 Å². The van der Waals surface area contributed by atoms with Crippen molar-refractivity contribution in [3.8, 4) is 0 Å². The zero-order valence-electron chi connectivity index (χ0n) is 13.2. The summed E-state index contributed by atoms with van der Waals surface area (Å²) in [6.45, 7) is 3.69. The van der Waals surface area contributed by atoms with Gasteiger partial charge in [-0.3, -0.25) is 9.59 Å². The molecule has 0 spiro atoms. The van der Waals surface area contributed by atoms with Crippen molar-refractivity contribution in [3.05, 3.63) is 27.4 Å². The molecule has 1 aromatic carbocycles. The van der Waals surface area contributed by atoms with E-state index >= 15 is 0 Å². The summed E-state index contributed by atoms with van der Waals surface area (Å²) in [5, 5.41) is 16.2. The molecule has 4 N–H and O–H groups in total. The van der Waals surface area contributed by atoms with Gasteiger partial charge in [-0.15, -0.1) is 0 Å². The van der Waals surface area contributed by atoms with Crippen LogP contribution in [-0.4, -0.2) is 34.6 Å². The van der Waals surface area contributed by atoms with E-state index in [2.05, 4.69) is 15.6 Å². The molecule has 1 aliphatic rings. The monoisotopic (exact) mass is 369 g/mol. The molecular formula is C16H17Cl2N3O3. The third-order valence-corrected chi connectivity index (χ3v) is 5.02. The average Bonchev–Trinajstić information content (AvgIpc) is 2.84. The molecule has 128 valence electrons. The first-order chi connectivity index (χ1) is 11.3. The first kappa shape index (κ1) is 17.1. The second kappa shape index (κ2) is 6.27. The Kier molecular flexibility index (Phi) is 4.46. The van der Waals surface area contributed by atoms with Gasteiger partial charge < -0.3 is 20.7 Å². The quantitative estimate of drug-likeness (QED) is 0.655. The van der Waals surface area contributed by atoms with Crippen LogP contribution in [0.5, 0.6) is 0 Å². The van der Waals surface area contributed by atoms with Crippen LogP contribution in [0, 0.1) is 0 Å². The van der Waals surface area contributed by atoms with Crippen LogP contribution in [0.1, 0.15) is 31.0 Å². The number of amides is 2. The van der Waals surface area contributed by atoms with Crippen LogP contribution in [0.4, 0.5) is 5.69 Å². The summed E-state index contributed by atoms with van der Waals surface area (Å²) in [4.78, 5) is 27.4. The highest BCUT2D eigenvalue weighted by Crippen LogP contribution is 2.42. The van der Waals surface area contributed by atoms with Crippen molar-refractivity contribution < 1.29 is 14.7 Å². The van der Waals surface area contributed by atoms with E-state index in [9.17, 15) is 14.7 Å². The molecular weight excluding hydrogens is 353 g/mol. The number of hydrogen-bond donors (Lipinski definition) is 4. The van der Waals surface area contributed by atoms with Crippen LogP contribution in [0.25, 0.3) is 10.9 Å². The van der Waals surface area contributed by atoms with Gasteiger partial charge in [0, 0.05) is 24.0 Å². The van der Waals surface area contributed by atoms with Gasteiger partial charge in [-0.1, -0.05) is 23.2 Å². The van der Waals surface area contributed by atoms with Crippen LogP contribution in [0.15, 0.2) is 6.07 Å². The van der Waals surface area contributed by atoms with Gasteiger partial charge in [0.2, 0.25) is 5.91 Å². The van der Waals surface area contributed by atoms with Gasteiger partial charge in [-0.25, -0.2) is 0 Å². The standard InChI is InChI=1S/C16H17Cl2N3O3/c1-6-11-9(3-4-19-15(6)23)20-14-12(11)10(5-8(17)13(14)18)21-16(24)7(2)22/h5-7,20,22H,3-4H2,1-2H3,(H,19,23)(H,21,24)/t6-,7-/m0/s1. The molecule has 0 unspecified atom stereocenters. The number of H-pyrrole nitrogens is 1. The number of nitrogens with one attached hydrogen (secondary N) is 3. The normalized spacial score (nSPS) is 18.7. The topological polar surface area (TPSA) is 94.2 Å². The number of aromatic amines is 1. The Balaban J connectivity index is 2.28. The number of carbonyl (C=O) groups is 2. The van der Waals surface area contributed by atoms with Gasteiger partial charge in [0.05, 0.1) is 27.2 Å². The summed E-state index contributed by atoms with van der Waals surface area (Å²) >= 11 is 12.5. The van der Waals surface area contributed by atoms with Crippen LogP contribution in [0.2, 0.25) is 10.0 Å². The van der Waals surface area contributed by atoms with Gasteiger partial charge in [-0.05, 0) is 25.5 Å². The lowest BCUT2D eigenvalue weighted by molar-refractivity contribution is -0.123. The number of fused-ring (bicyclic) bond motifs is 3. The lowest BCUT2D eigenvalue weighted by atomic mass is 9.96. The molecule has 2 amide bonds. The lowest BCUT2D eigenvalue weighted by Gasteiger charge is -2.14. The van der Waals surface area contributed by atoms with E-state index in [-0.39, 0.29) is 10.9 Å². The maximum Gasteiger partial charge on any atom is 0.252 e. The van der Waals surface area contributed by atoms with Crippen LogP contribution >= 0.6 is 23.2 Å². The van der Waals surface area contributed by atoms with Crippen molar-refractivity contribution in [1.82, 2.24) is 10.3 Å². The predicted molar refractivity (Wildman–Crippen MR) is 93.8 cm³/mol. The van der Waals surface area contributed by atoms with Crippen molar-refractivity contribution >= 4 is 51.6 Å². The molecule has 0 radical (unpaired) electrons. The maximum atomic E-state index is 12.2. The molecule has 0 saturated carbocycles. The molecule has 2 aromatic rings. The summed E-state index contributed by atoms with van der Waals surface area (Å²) in [5.74, 6) is -1.06. The number of carbonyl (C=O) groups excluding carboxylic acids is 2. The molecule has 8 heteroatoms. The molecule has 6 nitrogen and oxygen atoms in total. The van der Waals surface area contributed by atoms with Crippen LogP contribution in [-0.2, 0) is 16.0 Å². The SMILES string of the molecule is C[C@H](O)C(=O)Nc1cc(Cl)c(Cl)c2[nH]c3c(c12)[C@H](C)C(=O)NCC3. The summed E-state index contributed by atoms with van der Waals surface area (Å²) in [6, 6.07) is 1.54. The number of aromatic nitrogens is 1. The van der Waals surface area contributed by atoms with E-state index in [1.54, 1.807) is 6.92 Å². The minimum Gasteiger partial charge on any atom is -0.384 e. The number of rotatable bonds is 2.